The predicted octanol–water partition coefficient (Wildman–Crippen LogP) is 2.18. The van der Waals surface area contributed by atoms with Crippen LogP contribution >= 0.6 is 0 Å². The van der Waals surface area contributed by atoms with Crippen LogP contribution in [0.3, 0.4) is 0 Å². The second-order valence-electron chi connectivity index (χ2n) is 5.55. The van der Waals surface area contributed by atoms with E-state index in [1.54, 1.807) is 0 Å². The monoisotopic (exact) mass is 241 g/mol. The Labute approximate surface area is 105 Å². The van der Waals surface area contributed by atoms with E-state index in [-0.39, 0.29) is 6.10 Å². The molecule has 3 nitrogen and oxygen atoms in total. The van der Waals surface area contributed by atoms with E-state index >= 15 is 0 Å². The number of ether oxygens (including phenoxy) is 1. The zero-order chi connectivity index (χ0) is 12.1. The van der Waals surface area contributed by atoms with Crippen LogP contribution in [0.2, 0.25) is 0 Å². The van der Waals surface area contributed by atoms with E-state index < -0.39 is 0 Å². The van der Waals surface area contributed by atoms with Crippen molar-refractivity contribution in [1.82, 2.24) is 4.90 Å². The molecule has 1 saturated heterocycles. The number of rotatable bonds is 5. The number of unbranched alkanes of at least 4 members (excludes halogenated alkanes) is 1. The smallest absolute Gasteiger partial charge is 0.0714 e. The largest absolute Gasteiger partial charge is 0.391 e. The molecule has 1 N–H and O–H groups in total. The molecular formula is C14H27NO2. The van der Waals surface area contributed by atoms with Gasteiger partial charge in [0.1, 0.15) is 0 Å². The average molecular weight is 241 g/mol. The van der Waals surface area contributed by atoms with E-state index in [9.17, 15) is 5.11 Å². The van der Waals surface area contributed by atoms with Crippen LogP contribution in [0, 0.1) is 0 Å². The van der Waals surface area contributed by atoms with Gasteiger partial charge in [0.05, 0.1) is 12.2 Å². The molecule has 0 aromatic rings. The summed E-state index contributed by atoms with van der Waals surface area (Å²) < 4.78 is 5.88. The van der Waals surface area contributed by atoms with E-state index in [1.807, 2.05) is 0 Å². The Bertz CT molecular complexity index is 222. The van der Waals surface area contributed by atoms with Gasteiger partial charge in [0, 0.05) is 25.7 Å². The number of nitrogens with zero attached hydrogens (tertiary/aromatic N) is 1. The van der Waals surface area contributed by atoms with Gasteiger partial charge in [-0.2, -0.15) is 0 Å². The molecule has 0 aromatic carbocycles. The minimum absolute atomic E-state index is 0.0989. The summed E-state index contributed by atoms with van der Waals surface area (Å²) in [4.78, 5) is 2.46. The van der Waals surface area contributed by atoms with Crippen molar-refractivity contribution < 1.29 is 9.84 Å². The first-order valence-corrected chi connectivity index (χ1v) is 7.35. The summed E-state index contributed by atoms with van der Waals surface area (Å²) in [6.45, 7) is 5.24. The van der Waals surface area contributed by atoms with Crippen LogP contribution in [0.1, 0.15) is 51.9 Å². The maximum absolute atomic E-state index is 10.0. The minimum atomic E-state index is -0.0989. The fourth-order valence-corrected chi connectivity index (χ4v) is 3.10. The highest BCUT2D eigenvalue weighted by Crippen LogP contribution is 2.26. The van der Waals surface area contributed by atoms with Crippen molar-refractivity contribution in [3.8, 4) is 0 Å². The Hall–Kier alpha value is -0.120. The van der Waals surface area contributed by atoms with Crippen LogP contribution in [-0.2, 0) is 4.74 Å². The quantitative estimate of drug-likeness (QED) is 0.749. The van der Waals surface area contributed by atoms with E-state index in [1.165, 1.54) is 32.1 Å². The van der Waals surface area contributed by atoms with Crippen LogP contribution in [0.4, 0.5) is 0 Å². The third-order valence-corrected chi connectivity index (χ3v) is 4.19. The van der Waals surface area contributed by atoms with Gasteiger partial charge in [-0.1, -0.05) is 26.2 Å². The molecule has 17 heavy (non-hydrogen) atoms. The number of aliphatic hydroxyl groups is 1. The third-order valence-electron chi connectivity index (χ3n) is 4.19. The van der Waals surface area contributed by atoms with Gasteiger partial charge in [0.2, 0.25) is 0 Å². The fraction of sp³-hybridized carbons (Fsp3) is 1.00. The van der Waals surface area contributed by atoms with E-state index in [2.05, 4.69) is 11.8 Å². The molecule has 2 unspecified atom stereocenters. The molecule has 2 fully saturated rings. The van der Waals surface area contributed by atoms with Crippen molar-refractivity contribution in [1.29, 1.82) is 0 Å². The van der Waals surface area contributed by atoms with Crippen molar-refractivity contribution >= 4 is 0 Å². The van der Waals surface area contributed by atoms with Crippen molar-refractivity contribution in [2.45, 2.75) is 70.1 Å². The SMILES string of the molecule is CCCCO[C@@H]1CCN(C2CCCCC2O)C1. The van der Waals surface area contributed by atoms with Crippen LogP contribution in [-0.4, -0.2) is 48.0 Å². The van der Waals surface area contributed by atoms with Crippen LogP contribution < -0.4 is 0 Å². The summed E-state index contributed by atoms with van der Waals surface area (Å²) in [5.74, 6) is 0. The lowest BCUT2D eigenvalue weighted by Crippen LogP contribution is -2.44. The van der Waals surface area contributed by atoms with Gasteiger partial charge in [0.15, 0.2) is 0 Å². The van der Waals surface area contributed by atoms with Crippen LogP contribution in [0.15, 0.2) is 0 Å². The molecule has 2 aliphatic rings. The van der Waals surface area contributed by atoms with Crippen molar-refractivity contribution in [3.05, 3.63) is 0 Å². The first-order valence-electron chi connectivity index (χ1n) is 7.35. The average Bonchev–Trinajstić information content (AvgIpc) is 2.79. The van der Waals surface area contributed by atoms with E-state index in [0.29, 0.717) is 12.1 Å². The molecule has 2 rings (SSSR count). The Morgan fingerprint density at radius 3 is 2.82 bits per heavy atom. The van der Waals surface area contributed by atoms with E-state index in [4.69, 9.17) is 4.74 Å². The Morgan fingerprint density at radius 2 is 2.06 bits per heavy atom. The van der Waals surface area contributed by atoms with Crippen molar-refractivity contribution in [3.63, 3.8) is 0 Å². The zero-order valence-corrected chi connectivity index (χ0v) is 11.1. The van der Waals surface area contributed by atoms with Crippen molar-refractivity contribution in [2.75, 3.05) is 19.7 Å². The molecule has 0 spiro atoms. The molecule has 100 valence electrons. The summed E-state index contributed by atoms with van der Waals surface area (Å²) >= 11 is 0. The molecular weight excluding hydrogens is 214 g/mol. The summed E-state index contributed by atoms with van der Waals surface area (Å²) in [5, 5.41) is 10.0. The first kappa shape index (κ1) is 13.3. The Morgan fingerprint density at radius 1 is 1.24 bits per heavy atom. The highest BCUT2D eigenvalue weighted by Gasteiger charge is 2.33. The predicted molar refractivity (Wildman–Crippen MR) is 69.1 cm³/mol. The maximum atomic E-state index is 10.0. The van der Waals surface area contributed by atoms with Gasteiger partial charge in [-0.3, -0.25) is 4.90 Å². The van der Waals surface area contributed by atoms with E-state index in [0.717, 1.165) is 32.5 Å². The number of aliphatic hydroxyl groups excluding tert-OH is 1. The van der Waals surface area contributed by atoms with Gasteiger partial charge in [-0.15, -0.1) is 0 Å². The standard InChI is InChI=1S/C14H27NO2/c1-2-3-10-17-12-8-9-15(11-12)13-6-4-5-7-14(13)16/h12-14,16H,2-11H2,1H3/t12-,13?,14?/m1/s1. The second kappa shape index (κ2) is 6.72. The molecule has 0 radical (unpaired) electrons. The van der Waals surface area contributed by atoms with Crippen LogP contribution in [0.5, 0.6) is 0 Å². The number of hydrogen-bond donors (Lipinski definition) is 1. The van der Waals surface area contributed by atoms with Gasteiger partial charge in [-0.05, 0) is 25.7 Å². The summed E-state index contributed by atoms with van der Waals surface area (Å²) in [6, 6.07) is 0.406. The summed E-state index contributed by atoms with van der Waals surface area (Å²) in [5.41, 5.74) is 0. The van der Waals surface area contributed by atoms with Gasteiger partial charge >= 0.3 is 0 Å². The molecule has 1 saturated carbocycles. The summed E-state index contributed by atoms with van der Waals surface area (Å²) in [6.07, 6.45) is 8.47. The summed E-state index contributed by atoms with van der Waals surface area (Å²) in [7, 11) is 0. The van der Waals surface area contributed by atoms with Crippen molar-refractivity contribution in [2.24, 2.45) is 0 Å². The minimum Gasteiger partial charge on any atom is -0.391 e. The number of likely N-dealkylation sites (tertiary alicyclic amines) is 1. The molecule has 0 aromatic heterocycles. The molecule has 1 heterocycles. The first-order chi connectivity index (χ1) is 8.31. The highest BCUT2D eigenvalue weighted by atomic mass is 16.5. The fourth-order valence-electron chi connectivity index (χ4n) is 3.10. The van der Waals surface area contributed by atoms with Gasteiger partial charge < -0.3 is 9.84 Å². The number of hydrogen-bond acceptors (Lipinski definition) is 3. The molecule has 1 aliphatic carbocycles. The second-order valence-corrected chi connectivity index (χ2v) is 5.55. The maximum Gasteiger partial charge on any atom is 0.0714 e. The third kappa shape index (κ3) is 3.67. The van der Waals surface area contributed by atoms with Gasteiger partial charge in [-0.25, -0.2) is 0 Å². The Balaban J connectivity index is 1.72. The van der Waals surface area contributed by atoms with Gasteiger partial charge in [0.25, 0.3) is 0 Å². The molecule has 3 atom stereocenters. The zero-order valence-electron chi connectivity index (χ0n) is 11.1. The Kier molecular flexibility index (Phi) is 5.26. The molecule has 0 amide bonds. The lowest BCUT2D eigenvalue weighted by Gasteiger charge is -2.35. The molecule has 3 heteroatoms. The molecule has 0 bridgehead atoms. The lowest BCUT2D eigenvalue weighted by molar-refractivity contribution is 0.0131. The lowest BCUT2D eigenvalue weighted by atomic mass is 9.91. The highest BCUT2D eigenvalue weighted by molar-refractivity contribution is 4.88. The molecule has 1 aliphatic heterocycles. The topological polar surface area (TPSA) is 32.7 Å². The normalized spacial score (nSPS) is 35.3. The van der Waals surface area contributed by atoms with Crippen LogP contribution in [0.25, 0.3) is 0 Å².